The molecule has 2 N–H and O–H groups in total. The highest BCUT2D eigenvalue weighted by molar-refractivity contribution is 6.07. The second-order valence-electron chi connectivity index (χ2n) is 6.43. The lowest BCUT2D eigenvalue weighted by atomic mass is 9.98. The van der Waals surface area contributed by atoms with Crippen molar-refractivity contribution in [1.29, 1.82) is 0 Å². The molecule has 0 atom stereocenters. The summed E-state index contributed by atoms with van der Waals surface area (Å²) in [6, 6.07) is 3.66. The molecular weight excluding hydrogens is 313 g/mol. The number of rotatable bonds is 4. The highest BCUT2D eigenvalue weighted by Crippen LogP contribution is 2.35. The van der Waals surface area contributed by atoms with Crippen LogP contribution in [0.4, 0.5) is 14.9 Å². The van der Waals surface area contributed by atoms with E-state index in [1.807, 2.05) is 0 Å². The average Bonchev–Trinajstić information content (AvgIpc) is 3.07. The number of hydrogen-bond donors (Lipinski definition) is 2. The van der Waals surface area contributed by atoms with E-state index in [1.165, 1.54) is 18.2 Å². The van der Waals surface area contributed by atoms with Crippen molar-refractivity contribution in [3.05, 3.63) is 29.6 Å². The first-order chi connectivity index (χ1) is 11.4. The molecule has 2 fully saturated rings. The van der Waals surface area contributed by atoms with Crippen LogP contribution in [-0.2, 0) is 9.59 Å². The van der Waals surface area contributed by atoms with Gasteiger partial charge in [-0.15, -0.1) is 0 Å². The molecule has 0 aromatic heterocycles. The van der Waals surface area contributed by atoms with Crippen molar-refractivity contribution in [1.82, 2.24) is 10.2 Å². The summed E-state index contributed by atoms with van der Waals surface area (Å²) in [5.74, 6) is -0.917. The molecule has 1 spiro atoms. The Balaban J connectivity index is 1.58. The summed E-state index contributed by atoms with van der Waals surface area (Å²) in [5.41, 5.74) is 0.385. The van der Waals surface area contributed by atoms with Gasteiger partial charge in [0.25, 0.3) is 5.91 Å². The van der Waals surface area contributed by atoms with Crippen molar-refractivity contribution in [3.63, 3.8) is 0 Å². The molecule has 24 heavy (non-hydrogen) atoms. The van der Waals surface area contributed by atoms with Crippen molar-refractivity contribution < 1.29 is 18.8 Å². The zero-order chi connectivity index (χ0) is 17.3. The third kappa shape index (κ3) is 2.98. The van der Waals surface area contributed by atoms with E-state index in [9.17, 15) is 18.8 Å². The zero-order valence-corrected chi connectivity index (χ0v) is 13.5. The lowest BCUT2D eigenvalue weighted by Gasteiger charge is -2.20. The molecule has 128 valence electrons. The van der Waals surface area contributed by atoms with Gasteiger partial charge in [-0.05, 0) is 43.5 Å². The minimum atomic E-state index is -0.749. The lowest BCUT2D eigenvalue weighted by Crippen LogP contribution is -2.44. The van der Waals surface area contributed by atoms with Gasteiger partial charge >= 0.3 is 6.03 Å². The highest BCUT2D eigenvalue weighted by Gasteiger charge is 2.52. The van der Waals surface area contributed by atoms with Crippen LogP contribution in [0.15, 0.2) is 18.2 Å². The average molecular weight is 333 g/mol. The first-order valence-corrected chi connectivity index (χ1v) is 8.11. The van der Waals surface area contributed by atoms with Gasteiger partial charge in [-0.25, -0.2) is 9.18 Å². The molecule has 0 unspecified atom stereocenters. The first-order valence-electron chi connectivity index (χ1n) is 8.11. The number of imide groups is 1. The van der Waals surface area contributed by atoms with Gasteiger partial charge in [0.15, 0.2) is 0 Å². The topological polar surface area (TPSA) is 78.5 Å². The Morgan fingerprint density at radius 2 is 2.04 bits per heavy atom. The first kappa shape index (κ1) is 16.4. The molecular formula is C17H20FN3O3. The van der Waals surface area contributed by atoms with Crippen LogP contribution < -0.4 is 10.6 Å². The number of benzene rings is 1. The number of anilines is 1. The molecule has 1 saturated heterocycles. The third-order valence-electron chi connectivity index (χ3n) is 4.73. The molecule has 1 aromatic rings. The van der Waals surface area contributed by atoms with Crippen LogP contribution >= 0.6 is 0 Å². The van der Waals surface area contributed by atoms with Gasteiger partial charge in [0.2, 0.25) is 5.91 Å². The maximum absolute atomic E-state index is 13.1. The Morgan fingerprint density at radius 3 is 2.71 bits per heavy atom. The van der Waals surface area contributed by atoms with Crippen LogP contribution in [0.25, 0.3) is 0 Å². The number of aryl methyl sites for hydroxylation is 1. The quantitative estimate of drug-likeness (QED) is 0.830. The number of nitrogens with zero attached hydrogens (tertiary/aromatic N) is 1. The summed E-state index contributed by atoms with van der Waals surface area (Å²) >= 11 is 0. The standard InChI is InChI=1S/C17H20FN3O3/c1-11-10-12(18)4-5-13(11)19-14(22)6-9-21-15(23)17(20-16(21)24)7-2-3-8-17/h4-5,10H,2-3,6-9H2,1H3,(H,19,22)(H,20,24). The summed E-state index contributed by atoms with van der Waals surface area (Å²) in [4.78, 5) is 37.7. The van der Waals surface area contributed by atoms with E-state index in [4.69, 9.17) is 0 Å². The molecule has 0 radical (unpaired) electrons. The number of hydrogen-bond acceptors (Lipinski definition) is 3. The predicted molar refractivity (Wildman–Crippen MR) is 85.8 cm³/mol. The van der Waals surface area contributed by atoms with Gasteiger partial charge in [-0.3, -0.25) is 14.5 Å². The van der Waals surface area contributed by atoms with Crippen molar-refractivity contribution in [2.45, 2.75) is 44.6 Å². The predicted octanol–water partition coefficient (Wildman–Crippen LogP) is 2.33. The monoisotopic (exact) mass is 333 g/mol. The second-order valence-corrected chi connectivity index (χ2v) is 6.43. The van der Waals surface area contributed by atoms with Crippen LogP contribution in [0.5, 0.6) is 0 Å². The normalized spacial score (nSPS) is 19.0. The van der Waals surface area contributed by atoms with Crippen molar-refractivity contribution in [2.24, 2.45) is 0 Å². The fourth-order valence-corrected chi connectivity index (χ4v) is 3.39. The van der Waals surface area contributed by atoms with Crippen molar-refractivity contribution >= 4 is 23.5 Å². The fraction of sp³-hybridized carbons (Fsp3) is 0.471. The molecule has 2 aliphatic rings. The molecule has 4 amide bonds. The van der Waals surface area contributed by atoms with Gasteiger partial charge < -0.3 is 10.6 Å². The van der Waals surface area contributed by atoms with Gasteiger partial charge in [-0.1, -0.05) is 12.8 Å². The molecule has 0 bridgehead atoms. The van der Waals surface area contributed by atoms with E-state index in [1.54, 1.807) is 6.92 Å². The fourth-order valence-electron chi connectivity index (χ4n) is 3.39. The third-order valence-corrected chi connectivity index (χ3v) is 4.73. The molecule has 1 aromatic carbocycles. The SMILES string of the molecule is Cc1cc(F)ccc1NC(=O)CCN1C(=O)NC2(CCCC2)C1=O. The number of amides is 4. The molecule has 1 saturated carbocycles. The van der Waals surface area contributed by atoms with Crippen molar-refractivity contribution in [3.8, 4) is 0 Å². The van der Waals surface area contributed by atoms with Crippen LogP contribution in [0, 0.1) is 12.7 Å². The lowest BCUT2D eigenvalue weighted by molar-refractivity contribution is -0.131. The summed E-state index contributed by atoms with van der Waals surface area (Å²) < 4.78 is 13.1. The van der Waals surface area contributed by atoms with E-state index in [0.717, 1.165) is 17.7 Å². The molecule has 6 nitrogen and oxygen atoms in total. The van der Waals surface area contributed by atoms with Crippen LogP contribution in [0.2, 0.25) is 0 Å². The van der Waals surface area contributed by atoms with Crippen molar-refractivity contribution in [2.75, 3.05) is 11.9 Å². The van der Waals surface area contributed by atoms with Gasteiger partial charge in [-0.2, -0.15) is 0 Å². The number of nitrogens with one attached hydrogen (secondary N) is 2. The Bertz CT molecular complexity index is 698. The summed E-state index contributed by atoms with van der Waals surface area (Å²) in [6.07, 6.45) is 3.17. The maximum atomic E-state index is 13.1. The number of urea groups is 1. The maximum Gasteiger partial charge on any atom is 0.325 e. The van der Waals surface area contributed by atoms with Crippen LogP contribution in [-0.4, -0.2) is 34.8 Å². The highest BCUT2D eigenvalue weighted by atomic mass is 19.1. The van der Waals surface area contributed by atoms with Gasteiger partial charge in [0.05, 0.1) is 0 Å². The number of halogens is 1. The van der Waals surface area contributed by atoms with E-state index in [-0.39, 0.29) is 30.6 Å². The number of carbonyl (C=O) groups excluding carboxylic acids is 3. The zero-order valence-electron chi connectivity index (χ0n) is 13.5. The van der Waals surface area contributed by atoms with E-state index in [2.05, 4.69) is 10.6 Å². The van der Waals surface area contributed by atoms with Crippen LogP contribution in [0.3, 0.4) is 0 Å². The van der Waals surface area contributed by atoms with Gasteiger partial charge in [0, 0.05) is 18.7 Å². The minimum absolute atomic E-state index is 0.00601. The Labute approximate surface area is 139 Å². The summed E-state index contributed by atoms with van der Waals surface area (Å²) in [6.45, 7) is 1.73. The van der Waals surface area contributed by atoms with Gasteiger partial charge in [0.1, 0.15) is 11.4 Å². The molecule has 1 heterocycles. The minimum Gasteiger partial charge on any atom is -0.326 e. The Hall–Kier alpha value is -2.44. The Kier molecular flexibility index (Phi) is 4.26. The van der Waals surface area contributed by atoms with E-state index >= 15 is 0 Å². The summed E-state index contributed by atoms with van der Waals surface area (Å²) in [5, 5.41) is 5.46. The molecule has 1 aliphatic heterocycles. The van der Waals surface area contributed by atoms with E-state index < -0.39 is 11.6 Å². The number of carbonyl (C=O) groups is 3. The van der Waals surface area contributed by atoms with E-state index in [0.29, 0.717) is 24.1 Å². The summed E-state index contributed by atoms with van der Waals surface area (Å²) in [7, 11) is 0. The Morgan fingerprint density at radius 1 is 1.33 bits per heavy atom. The van der Waals surface area contributed by atoms with Crippen LogP contribution in [0.1, 0.15) is 37.7 Å². The second kappa shape index (κ2) is 6.22. The molecule has 7 heteroatoms. The molecule has 1 aliphatic carbocycles. The largest absolute Gasteiger partial charge is 0.326 e. The molecule has 3 rings (SSSR count). The smallest absolute Gasteiger partial charge is 0.325 e.